The predicted octanol–water partition coefficient (Wildman–Crippen LogP) is 2.84. The molecule has 6 nitrogen and oxygen atoms in total. The van der Waals surface area contributed by atoms with E-state index in [0.29, 0.717) is 17.9 Å². The molecule has 0 saturated carbocycles. The second-order valence-corrected chi connectivity index (χ2v) is 8.56. The van der Waals surface area contributed by atoms with Crippen LogP contribution >= 0.6 is 11.3 Å². The molecular formula is C19H24N4O2S. The van der Waals surface area contributed by atoms with Gasteiger partial charge in [-0.1, -0.05) is 13.8 Å². The molecule has 1 aliphatic heterocycles. The van der Waals surface area contributed by atoms with Gasteiger partial charge < -0.3 is 4.90 Å². The van der Waals surface area contributed by atoms with Crippen LogP contribution in [-0.2, 0) is 17.8 Å². The van der Waals surface area contributed by atoms with Crippen molar-refractivity contribution < 1.29 is 4.79 Å². The summed E-state index contributed by atoms with van der Waals surface area (Å²) in [6.07, 6.45) is 2.76. The van der Waals surface area contributed by atoms with Crippen LogP contribution in [0.2, 0.25) is 0 Å². The second-order valence-electron chi connectivity index (χ2n) is 7.27. The average Bonchev–Trinajstić information content (AvgIpc) is 3.14. The monoisotopic (exact) mass is 372 g/mol. The van der Waals surface area contributed by atoms with Crippen molar-refractivity contribution in [3.63, 3.8) is 0 Å². The molecule has 4 heterocycles. The highest BCUT2D eigenvalue weighted by Crippen LogP contribution is 2.28. The first-order valence-corrected chi connectivity index (χ1v) is 10.1. The van der Waals surface area contributed by atoms with Gasteiger partial charge in [0.1, 0.15) is 17.9 Å². The van der Waals surface area contributed by atoms with E-state index in [2.05, 4.69) is 25.0 Å². The number of carbonyl (C=O) groups excluding carboxylic acids is 1. The fourth-order valence-corrected chi connectivity index (χ4v) is 4.68. The van der Waals surface area contributed by atoms with Crippen molar-refractivity contribution in [1.82, 2.24) is 19.1 Å². The SMILES string of the molecule is CCc1nn(CC(=O)N2CCC(C)CC2)c(=O)c2cc3sc(C)cc3n12. The Kier molecular flexibility index (Phi) is 4.34. The molecule has 7 heteroatoms. The smallest absolute Gasteiger partial charge is 0.291 e. The fourth-order valence-electron chi connectivity index (χ4n) is 3.73. The maximum Gasteiger partial charge on any atom is 0.291 e. The predicted molar refractivity (Wildman–Crippen MR) is 104 cm³/mol. The third kappa shape index (κ3) is 2.84. The fraction of sp³-hybridized carbons (Fsp3) is 0.526. The molecule has 0 unspecified atom stereocenters. The van der Waals surface area contributed by atoms with E-state index >= 15 is 0 Å². The summed E-state index contributed by atoms with van der Waals surface area (Å²) in [4.78, 5) is 28.7. The summed E-state index contributed by atoms with van der Waals surface area (Å²) < 4.78 is 4.39. The Bertz CT molecular complexity index is 1040. The quantitative estimate of drug-likeness (QED) is 0.710. The number of carbonyl (C=O) groups is 1. The Hall–Kier alpha value is -2.15. The molecule has 1 amide bonds. The van der Waals surface area contributed by atoms with E-state index in [4.69, 9.17) is 0 Å². The lowest BCUT2D eigenvalue weighted by Crippen LogP contribution is -2.42. The van der Waals surface area contributed by atoms with Gasteiger partial charge in [-0.15, -0.1) is 11.3 Å². The van der Waals surface area contributed by atoms with Gasteiger partial charge in [0.15, 0.2) is 0 Å². The summed E-state index contributed by atoms with van der Waals surface area (Å²) in [7, 11) is 0. The molecule has 4 rings (SSSR count). The minimum absolute atomic E-state index is 0.0119. The molecule has 0 bridgehead atoms. The number of aromatic nitrogens is 3. The first-order chi connectivity index (χ1) is 12.5. The van der Waals surface area contributed by atoms with Crippen molar-refractivity contribution in [2.45, 2.75) is 46.6 Å². The van der Waals surface area contributed by atoms with E-state index in [1.807, 2.05) is 22.3 Å². The van der Waals surface area contributed by atoms with Crippen LogP contribution in [-0.4, -0.2) is 38.1 Å². The number of aryl methyl sites for hydroxylation is 2. The van der Waals surface area contributed by atoms with Crippen LogP contribution in [0.1, 0.15) is 37.4 Å². The number of thiophene rings is 1. The van der Waals surface area contributed by atoms with Crippen LogP contribution in [0.15, 0.2) is 16.9 Å². The number of amides is 1. The van der Waals surface area contributed by atoms with E-state index in [-0.39, 0.29) is 18.0 Å². The zero-order chi connectivity index (χ0) is 18.4. The van der Waals surface area contributed by atoms with Crippen LogP contribution in [0.4, 0.5) is 0 Å². The maximum absolute atomic E-state index is 12.9. The molecule has 0 radical (unpaired) electrons. The first-order valence-electron chi connectivity index (χ1n) is 9.27. The van der Waals surface area contributed by atoms with Crippen LogP contribution in [0.3, 0.4) is 0 Å². The van der Waals surface area contributed by atoms with Gasteiger partial charge in [-0.3, -0.25) is 14.0 Å². The Labute approximate surface area is 156 Å². The van der Waals surface area contributed by atoms with Crippen LogP contribution < -0.4 is 5.56 Å². The number of likely N-dealkylation sites (tertiary alicyclic amines) is 1. The van der Waals surface area contributed by atoms with Crippen molar-refractivity contribution in [2.75, 3.05) is 13.1 Å². The number of nitrogens with zero attached hydrogens (tertiary/aromatic N) is 4. The van der Waals surface area contributed by atoms with Crippen molar-refractivity contribution >= 4 is 33.0 Å². The summed E-state index contributed by atoms with van der Waals surface area (Å²) in [5, 5.41) is 4.52. The minimum Gasteiger partial charge on any atom is -0.341 e. The zero-order valence-electron chi connectivity index (χ0n) is 15.5. The second kappa shape index (κ2) is 6.54. The molecule has 26 heavy (non-hydrogen) atoms. The van der Waals surface area contributed by atoms with Crippen molar-refractivity contribution in [3.8, 4) is 0 Å². The summed E-state index contributed by atoms with van der Waals surface area (Å²) in [6.45, 7) is 7.88. The molecule has 0 aliphatic carbocycles. The van der Waals surface area contributed by atoms with Crippen LogP contribution in [0.5, 0.6) is 0 Å². The highest BCUT2D eigenvalue weighted by Gasteiger charge is 2.22. The van der Waals surface area contributed by atoms with Gasteiger partial charge in [-0.25, -0.2) is 4.68 Å². The number of piperidine rings is 1. The van der Waals surface area contributed by atoms with E-state index in [1.54, 1.807) is 11.3 Å². The normalized spacial score (nSPS) is 16.0. The van der Waals surface area contributed by atoms with Crippen molar-refractivity contribution in [2.24, 2.45) is 5.92 Å². The molecule has 0 atom stereocenters. The Balaban J connectivity index is 1.72. The summed E-state index contributed by atoms with van der Waals surface area (Å²) in [5.41, 5.74) is 1.45. The molecule has 1 saturated heterocycles. The summed E-state index contributed by atoms with van der Waals surface area (Å²) in [6, 6.07) is 4.03. The van der Waals surface area contributed by atoms with Crippen LogP contribution in [0, 0.1) is 12.8 Å². The molecule has 1 aliphatic rings. The molecule has 0 aromatic carbocycles. The van der Waals surface area contributed by atoms with Gasteiger partial charge >= 0.3 is 0 Å². The number of rotatable bonds is 3. The summed E-state index contributed by atoms with van der Waals surface area (Å²) >= 11 is 1.68. The van der Waals surface area contributed by atoms with Gasteiger partial charge in [-0.05, 0) is 37.8 Å². The zero-order valence-corrected chi connectivity index (χ0v) is 16.3. The number of fused-ring (bicyclic) bond motifs is 3. The third-order valence-corrected chi connectivity index (χ3v) is 6.29. The molecule has 138 valence electrons. The lowest BCUT2D eigenvalue weighted by molar-refractivity contribution is -0.133. The van der Waals surface area contributed by atoms with Gasteiger partial charge in [0.2, 0.25) is 5.91 Å². The highest BCUT2D eigenvalue weighted by molar-refractivity contribution is 7.19. The van der Waals surface area contributed by atoms with E-state index in [1.165, 1.54) is 9.56 Å². The number of hydrogen-bond donors (Lipinski definition) is 0. The third-order valence-electron chi connectivity index (χ3n) is 5.30. The molecule has 0 N–H and O–H groups in total. The molecule has 3 aromatic rings. The van der Waals surface area contributed by atoms with E-state index < -0.39 is 0 Å². The Morgan fingerprint density at radius 1 is 1.27 bits per heavy atom. The highest BCUT2D eigenvalue weighted by atomic mass is 32.1. The molecule has 1 fully saturated rings. The average molecular weight is 372 g/mol. The summed E-state index contributed by atoms with van der Waals surface area (Å²) in [5.74, 6) is 1.47. The van der Waals surface area contributed by atoms with Crippen molar-refractivity contribution in [1.29, 1.82) is 0 Å². The van der Waals surface area contributed by atoms with Crippen molar-refractivity contribution in [3.05, 3.63) is 33.2 Å². The minimum atomic E-state index is -0.193. The van der Waals surface area contributed by atoms with Gasteiger partial charge in [-0.2, -0.15) is 5.10 Å². The van der Waals surface area contributed by atoms with E-state index in [9.17, 15) is 9.59 Å². The lowest BCUT2D eigenvalue weighted by Gasteiger charge is -2.30. The lowest BCUT2D eigenvalue weighted by atomic mass is 9.99. The molecule has 0 spiro atoms. The van der Waals surface area contributed by atoms with Crippen LogP contribution in [0.25, 0.3) is 15.7 Å². The number of hydrogen-bond acceptors (Lipinski definition) is 4. The van der Waals surface area contributed by atoms with Gasteiger partial charge in [0.05, 0.1) is 10.2 Å². The van der Waals surface area contributed by atoms with Gasteiger partial charge in [0, 0.05) is 24.4 Å². The topological polar surface area (TPSA) is 59.6 Å². The van der Waals surface area contributed by atoms with Gasteiger partial charge in [0.25, 0.3) is 5.56 Å². The standard InChI is InChI=1S/C19H24N4O2S/c1-4-17-20-22(11-18(24)21-7-5-12(2)6-8-21)19(25)15-10-16-14(23(15)17)9-13(3)26-16/h9-10,12H,4-8,11H2,1-3H3. The largest absolute Gasteiger partial charge is 0.341 e. The Morgan fingerprint density at radius 3 is 2.69 bits per heavy atom. The maximum atomic E-state index is 12.9. The Morgan fingerprint density at radius 2 is 2.00 bits per heavy atom. The molecule has 3 aromatic heterocycles. The van der Waals surface area contributed by atoms with E-state index in [0.717, 1.165) is 42.0 Å². The first kappa shape index (κ1) is 17.3. The molecular weight excluding hydrogens is 348 g/mol.